The van der Waals surface area contributed by atoms with Gasteiger partial charge in [0.25, 0.3) is 0 Å². The highest BCUT2D eigenvalue weighted by Crippen LogP contribution is 2.16. The van der Waals surface area contributed by atoms with Crippen molar-refractivity contribution in [3.8, 4) is 0 Å². The van der Waals surface area contributed by atoms with Crippen LogP contribution < -0.4 is 0 Å². The number of carbonyl (C=O) groups is 2. The Hall–Kier alpha value is -1.36. The van der Waals surface area contributed by atoms with Gasteiger partial charge in [-0.1, -0.05) is 45.6 Å². The van der Waals surface area contributed by atoms with Gasteiger partial charge in [0.15, 0.2) is 0 Å². The van der Waals surface area contributed by atoms with E-state index in [1.54, 1.807) is 6.92 Å². The molecule has 0 aliphatic carbocycles. The fourth-order valence-corrected chi connectivity index (χ4v) is 2.33. The van der Waals surface area contributed by atoms with Crippen molar-refractivity contribution in [2.75, 3.05) is 19.8 Å². The molecule has 0 aromatic rings. The van der Waals surface area contributed by atoms with Gasteiger partial charge in [-0.2, -0.15) is 0 Å². The number of esters is 2. The Balaban J connectivity index is 2.18. The van der Waals surface area contributed by atoms with E-state index < -0.39 is 17.9 Å². The molecule has 5 heteroatoms. The summed E-state index contributed by atoms with van der Waals surface area (Å²) in [4.78, 5) is 23.9. The zero-order chi connectivity index (χ0) is 17.1. The van der Waals surface area contributed by atoms with Gasteiger partial charge >= 0.3 is 11.9 Å². The lowest BCUT2D eigenvalue weighted by Gasteiger charge is -2.15. The fourth-order valence-electron chi connectivity index (χ4n) is 2.33. The number of rotatable bonds is 11. The summed E-state index contributed by atoms with van der Waals surface area (Å²) in [5.74, 6) is -1.63. The van der Waals surface area contributed by atoms with Gasteiger partial charge in [0.05, 0.1) is 25.7 Å². The summed E-state index contributed by atoms with van der Waals surface area (Å²) in [6, 6.07) is 0. The number of carbonyl (C=O) groups excluding carboxylic acids is 2. The minimum absolute atomic E-state index is 0.143. The minimum atomic E-state index is -0.676. The van der Waals surface area contributed by atoms with Crippen LogP contribution in [0.2, 0.25) is 0 Å². The van der Waals surface area contributed by atoms with Crippen molar-refractivity contribution in [1.82, 2.24) is 0 Å². The first-order valence-electron chi connectivity index (χ1n) is 8.70. The molecular weight excluding hydrogens is 296 g/mol. The highest BCUT2D eigenvalue weighted by molar-refractivity contribution is 5.94. The van der Waals surface area contributed by atoms with Crippen LogP contribution in [-0.4, -0.2) is 37.9 Å². The molecule has 0 radical (unpaired) electrons. The van der Waals surface area contributed by atoms with E-state index in [1.165, 1.54) is 25.7 Å². The lowest BCUT2D eigenvalue weighted by molar-refractivity contribution is -0.151. The van der Waals surface area contributed by atoms with E-state index in [-0.39, 0.29) is 11.7 Å². The second kappa shape index (κ2) is 11.2. The second-order valence-corrected chi connectivity index (χ2v) is 6.07. The number of hydrogen-bond donors (Lipinski definition) is 0. The Kier molecular flexibility index (Phi) is 9.60. The summed E-state index contributed by atoms with van der Waals surface area (Å²) in [5, 5.41) is 0. The van der Waals surface area contributed by atoms with E-state index >= 15 is 0 Å². The third-order valence-electron chi connectivity index (χ3n) is 4.04. The highest BCUT2D eigenvalue weighted by atomic mass is 16.6. The van der Waals surface area contributed by atoms with E-state index in [1.807, 2.05) is 0 Å². The standard InChI is InChI=1S/C18H30O5/c1-4-5-6-7-8-9-11-22-17(19)14(2)15(3)18(20)23-16-10-12-21-13-16/h14,16H,3-13H2,1-2H3/t14?,16-/m0/s1. The molecule has 0 amide bonds. The quantitative estimate of drug-likeness (QED) is 0.331. The predicted molar refractivity (Wildman–Crippen MR) is 88.0 cm³/mol. The van der Waals surface area contributed by atoms with Gasteiger partial charge < -0.3 is 14.2 Å². The predicted octanol–water partition coefficient (Wildman–Crippen LogP) is 3.41. The van der Waals surface area contributed by atoms with Crippen LogP contribution in [0.1, 0.15) is 58.8 Å². The lowest BCUT2D eigenvalue weighted by atomic mass is 10.0. The van der Waals surface area contributed by atoms with Crippen molar-refractivity contribution in [1.29, 1.82) is 0 Å². The molecule has 1 aliphatic heterocycles. The van der Waals surface area contributed by atoms with Crippen molar-refractivity contribution in [2.24, 2.45) is 5.92 Å². The van der Waals surface area contributed by atoms with Crippen molar-refractivity contribution in [3.63, 3.8) is 0 Å². The first-order valence-corrected chi connectivity index (χ1v) is 8.70. The molecule has 0 aromatic heterocycles. The molecule has 0 spiro atoms. The van der Waals surface area contributed by atoms with Crippen LogP contribution in [0.5, 0.6) is 0 Å². The van der Waals surface area contributed by atoms with E-state index in [0.717, 1.165) is 12.8 Å². The number of ether oxygens (including phenoxy) is 3. The molecule has 132 valence electrons. The molecule has 1 unspecified atom stereocenters. The smallest absolute Gasteiger partial charge is 0.334 e. The summed E-state index contributed by atoms with van der Waals surface area (Å²) in [5.41, 5.74) is 0.143. The van der Waals surface area contributed by atoms with Gasteiger partial charge in [-0.3, -0.25) is 4.79 Å². The maximum atomic E-state index is 11.9. The SMILES string of the molecule is C=C(C(=O)O[C@H]1CCOC1)C(C)C(=O)OCCCCCCCC. The van der Waals surface area contributed by atoms with Gasteiger partial charge in [0, 0.05) is 12.0 Å². The molecule has 0 bridgehead atoms. The molecule has 1 heterocycles. The van der Waals surface area contributed by atoms with Crippen LogP contribution in [-0.2, 0) is 23.8 Å². The zero-order valence-corrected chi connectivity index (χ0v) is 14.5. The van der Waals surface area contributed by atoms with Crippen molar-refractivity contribution >= 4 is 11.9 Å². The largest absolute Gasteiger partial charge is 0.465 e. The molecule has 0 N–H and O–H groups in total. The van der Waals surface area contributed by atoms with Gasteiger partial charge in [-0.15, -0.1) is 0 Å². The Labute approximate surface area is 139 Å². The Morgan fingerprint density at radius 2 is 1.91 bits per heavy atom. The van der Waals surface area contributed by atoms with Gasteiger partial charge in [-0.05, 0) is 13.3 Å². The van der Waals surface area contributed by atoms with Crippen LogP contribution in [0.25, 0.3) is 0 Å². The summed E-state index contributed by atoms with van der Waals surface area (Å²) in [7, 11) is 0. The molecule has 1 rings (SSSR count). The molecule has 1 fully saturated rings. The molecular formula is C18H30O5. The van der Waals surface area contributed by atoms with E-state index in [0.29, 0.717) is 26.2 Å². The van der Waals surface area contributed by atoms with Crippen LogP contribution in [0, 0.1) is 5.92 Å². The fraction of sp³-hybridized carbons (Fsp3) is 0.778. The van der Waals surface area contributed by atoms with Crippen molar-refractivity contribution < 1.29 is 23.8 Å². The van der Waals surface area contributed by atoms with Crippen LogP contribution in [0.3, 0.4) is 0 Å². The summed E-state index contributed by atoms with van der Waals surface area (Å²) in [6.07, 6.45) is 7.26. The van der Waals surface area contributed by atoms with Gasteiger partial charge in [0.2, 0.25) is 0 Å². The first-order chi connectivity index (χ1) is 11.1. The lowest BCUT2D eigenvalue weighted by Crippen LogP contribution is -2.26. The Morgan fingerprint density at radius 3 is 2.57 bits per heavy atom. The number of unbranched alkanes of at least 4 members (excludes halogenated alkanes) is 5. The zero-order valence-electron chi connectivity index (χ0n) is 14.5. The van der Waals surface area contributed by atoms with Crippen LogP contribution in [0.4, 0.5) is 0 Å². The molecule has 1 saturated heterocycles. The molecule has 1 aliphatic rings. The summed E-state index contributed by atoms with van der Waals surface area (Å²) >= 11 is 0. The van der Waals surface area contributed by atoms with E-state index in [2.05, 4.69) is 13.5 Å². The molecule has 0 saturated carbocycles. The van der Waals surface area contributed by atoms with Gasteiger partial charge in [-0.25, -0.2) is 4.79 Å². The maximum Gasteiger partial charge on any atom is 0.334 e. The summed E-state index contributed by atoms with van der Waals surface area (Å²) in [6.45, 7) is 8.89. The Morgan fingerprint density at radius 1 is 1.22 bits per heavy atom. The average molecular weight is 326 g/mol. The van der Waals surface area contributed by atoms with Crippen molar-refractivity contribution in [2.45, 2.75) is 64.9 Å². The second-order valence-electron chi connectivity index (χ2n) is 6.07. The van der Waals surface area contributed by atoms with Crippen molar-refractivity contribution in [3.05, 3.63) is 12.2 Å². The number of hydrogen-bond acceptors (Lipinski definition) is 5. The average Bonchev–Trinajstić information content (AvgIpc) is 3.05. The van der Waals surface area contributed by atoms with E-state index in [4.69, 9.17) is 14.2 Å². The molecule has 2 atom stereocenters. The molecule has 5 nitrogen and oxygen atoms in total. The highest BCUT2D eigenvalue weighted by Gasteiger charge is 2.27. The third kappa shape index (κ3) is 7.64. The maximum absolute atomic E-state index is 11.9. The van der Waals surface area contributed by atoms with Crippen LogP contribution >= 0.6 is 0 Å². The monoisotopic (exact) mass is 326 g/mol. The van der Waals surface area contributed by atoms with Gasteiger partial charge in [0.1, 0.15) is 6.10 Å². The topological polar surface area (TPSA) is 61.8 Å². The molecule has 23 heavy (non-hydrogen) atoms. The third-order valence-corrected chi connectivity index (χ3v) is 4.04. The van der Waals surface area contributed by atoms with Crippen LogP contribution in [0.15, 0.2) is 12.2 Å². The Bertz CT molecular complexity index is 385. The summed E-state index contributed by atoms with van der Waals surface area (Å²) < 4.78 is 15.6. The normalized spacial score (nSPS) is 18.4. The first kappa shape index (κ1) is 19.7. The molecule has 0 aromatic carbocycles. The minimum Gasteiger partial charge on any atom is -0.465 e. The van der Waals surface area contributed by atoms with E-state index in [9.17, 15) is 9.59 Å².